The number of ether oxygens (including phenoxy) is 2. The van der Waals surface area contributed by atoms with E-state index in [1.807, 2.05) is 89.8 Å². The van der Waals surface area contributed by atoms with Crippen molar-refractivity contribution >= 4 is 44.5 Å². The van der Waals surface area contributed by atoms with E-state index < -0.39 is 33.5 Å². The van der Waals surface area contributed by atoms with Crippen LogP contribution in [0, 0.1) is 0 Å². The summed E-state index contributed by atoms with van der Waals surface area (Å²) in [6.45, 7) is 5.66. The fraction of sp³-hybridized carbons (Fsp3) is 0.344. The molecule has 0 saturated carbocycles. The number of anilines is 1. The summed E-state index contributed by atoms with van der Waals surface area (Å²) in [6, 6.07) is 25.1. The van der Waals surface area contributed by atoms with E-state index in [4.69, 9.17) is 9.47 Å². The number of thioether (sulfide) groups is 1. The van der Waals surface area contributed by atoms with E-state index in [0.717, 1.165) is 11.1 Å². The lowest BCUT2D eigenvalue weighted by Crippen LogP contribution is -2.45. The number of amidine groups is 1. The van der Waals surface area contributed by atoms with Crippen LogP contribution in [0.4, 0.5) is 10.5 Å². The maximum atomic E-state index is 13.7. The van der Waals surface area contributed by atoms with Gasteiger partial charge in [-0.2, -0.15) is 4.99 Å². The zero-order valence-electron chi connectivity index (χ0n) is 24.3. The van der Waals surface area contributed by atoms with E-state index in [1.54, 1.807) is 20.8 Å². The fourth-order valence-corrected chi connectivity index (χ4v) is 8.90. The van der Waals surface area contributed by atoms with E-state index in [2.05, 4.69) is 10.3 Å². The van der Waals surface area contributed by atoms with Gasteiger partial charge in [0.15, 0.2) is 15.0 Å². The van der Waals surface area contributed by atoms with Crippen molar-refractivity contribution in [3.63, 3.8) is 0 Å². The highest BCUT2D eigenvalue weighted by Crippen LogP contribution is 2.41. The van der Waals surface area contributed by atoms with Crippen LogP contribution in [0.2, 0.25) is 0 Å². The molecule has 2 aliphatic heterocycles. The molecule has 3 atom stereocenters. The van der Waals surface area contributed by atoms with Crippen LogP contribution in [-0.2, 0) is 32.4 Å². The van der Waals surface area contributed by atoms with Gasteiger partial charge in [-0.3, -0.25) is 4.79 Å². The van der Waals surface area contributed by atoms with Crippen LogP contribution < -0.4 is 15.0 Å². The van der Waals surface area contributed by atoms with Crippen LogP contribution in [0.5, 0.6) is 5.75 Å². The summed E-state index contributed by atoms with van der Waals surface area (Å²) in [5, 5.41) is 2.82. The van der Waals surface area contributed by atoms with E-state index in [0.29, 0.717) is 23.2 Å². The van der Waals surface area contributed by atoms with Gasteiger partial charge in [0, 0.05) is 17.4 Å². The number of aliphatic imine (C=N–C) groups is 1. The molecule has 11 heteroatoms. The number of benzene rings is 3. The number of hydrogen-bond acceptors (Lipinski definition) is 7. The predicted molar refractivity (Wildman–Crippen MR) is 169 cm³/mol. The molecule has 9 nitrogen and oxygen atoms in total. The number of rotatable bonds is 8. The number of nitrogens with zero attached hydrogens (tertiary/aromatic N) is 2. The van der Waals surface area contributed by atoms with E-state index in [-0.39, 0.29) is 29.2 Å². The minimum absolute atomic E-state index is 0.00785. The smallest absolute Gasteiger partial charge is 0.408 e. The van der Waals surface area contributed by atoms with E-state index in [1.165, 1.54) is 11.8 Å². The molecule has 2 amide bonds. The number of sulfone groups is 1. The first kappa shape index (κ1) is 30.6. The maximum Gasteiger partial charge on any atom is 0.408 e. The summed E-state index contributed by atoms with van der Waals surface area (Å²) in [5.74, 6) is 0.0868. The molecule has 0 aromatic heterocycles. The second kappa shape index (κ2) is 12.8. The number of hydrogen-bond donors (Lipinski definition) is 1. The molecule has 2 fully saturated rings. The third-order valence-electron chi connectivity index (χ3n) is 6.91. The highest BCUT2D eigenvalue weighted by atomic mass is 32.2. The second-order valence-corrected chi connectivity index (χ2v) is 14.9. The molecule has 0 aliphatic carbocycles. The summed E-state index contributed by atoms with van der Waals surface area (Å²) in [4.78, 5) is 32.6. The molecule has 1 N–H and O–H groups in total. The minimum Gasteiger partial charge on any atom is -0.489 e. The Balaban J connectivity index is 1.39. The second-order valence-electron chi connectivity index (χ2n) is 11.6. The van der Waals surface area contributed by atoms with Gasteiger partial charge in [-0.25, -0.2) is 13.2 Å². The number of alkyl carbamates (subject to hydrolysis) is 1. The van der Waals surface area contributed by atoms with E-state index in [9.17, 15) is 18.0 Å². The molecular weight excluding hydrogens is 587 g/mol. The Morgan fingerprint density at radius 1 is 0.953 bits per heavy atom. The monoisotopic (exact) mass is 621 g/mol. The fourth-order valence-electron chi connectivity index (χ4n) is 4.98. The van der Waals surface area contributed by atoms with Crippen molar-refractivity contribution in [3.05, 3.63) is 96.1 Å². The van der Waals surface area contributed by atoms with Gasteiger partial charge in [-0.1, -0.05) is 72.4 Å². The summed E-state index contributed by atoms with van der Waals surface area (Å²) in [6.07, 6.45) is -0.498. The Bertz CT molecular complexity index is 1570. The SMILES string of the molecule is CC(C)(C)OC(=O)N[C@H](Cc1ccccc1)C(=O)N=C1S[C@H]2CS(=O)(=O)C[C@H]2N1c1ccc(OCc2ccccc2)cc1. The van der Waals surface area contributed by atoms with Crippen molar-refractivity contribution in [1.29, 1.82) is 0 Å². The highest BCUT2D eigenvalue weighted by Gasteiger charge is 2.49. The zero-order chi connectivity index (χ0) is 30.6. The topological polar surface area (TPSA) is 114 Å². The Kier molecular flexibility index (Phi) is 9.12. The maximum absolute atomic E-state index is 13.7. The summed E-state index contributed by atoms with van der Waals surface area (Å²) in [5.41, 5.74) is 1.85. The molecular formula is C32H35N3O6S2. The van der Waals surface area contributed by atoms with Gasteiger partial charge in [0.05, 0.1) is 17.5 Å². The van der Waals surface area contributed by atoms with Crippen molar-refractivity contribution in [2.45, 2.75) is 56.7 Å². The van der Waals surface area contributed by atoms with Crippen molar-refractivity contribution in [3.8, 4) is 5.75 Å². The van der Waals surface area contributed by atoms with Crippen molar-refractivity contribution in [2.75, 3.05) is 16.4 Å². The molecule has 2 aliphatic rings. The van der Waals surface area contributed by atoms with Gasteiger partial charge < -0.3 is 19.7 Å². The van der Waals surface area contributed by atoms with Crippen molar-refractivity contribution in [2.24, 2.45) is 4.99 Å². The summed E-state index contributed by atoms with van der Waals surface area (Å²) in [7, 11) is -3.24. The number of fused-ring (bicyclic) bond motifs is 1. The molecule has 43 heavy (non-hydrogen) atoms. The van der Waals surface area contributed by atoms with Crippen LogP contribution in [0.15, 0.2) is 89.9 Å². The van der Waals surface area contributed by atoms with Crippen molar-refractivity contribution in [1.82, 2.24) is 5.32 Å². The van der Waals surface area contributed by atoms with E-state index >= 15 is 0 Å². The number of carbonyl (C=O) groups is 2. The Morgan fingerprint density at radius 2 is 1.58 bits per heavy atom. The highest BCUT2D eigenvalue weighted by molar-refractivity contribution is 8.16. The van der Waals surface area contributed by atoms with Gasteiger partial charge in [-0.15, -0.1) is 0 Å². The molecule has 5 rings (SSSR count). The third kappa shape index (κ3) is 8.17. The molecule has 226 valence electrons. The van der Waals surface area contributed by atoms with Crippen LogP contribution in [0.1, 0.15) is 31.9 Å². The first-order chi connectivity index (χ1) is 20.5. The molecule has 0 bridgehead atoms. The van der Waals surface area contributed by atoms with Gasteiger partial charge in [-0.05, 0) is 56.2 Å². The first-order valence-electron chi connectivity index (χ1n) is 14.0. The van der Waals surface area contributed by atoms with Gasteiger partial charge in [0.1, 0.15) is 24.0 Å². The zero-order valence-corrected chi connectivity index (χ0v) is 25.9. The first-order valence-corrected chi connectivity index (χ1v) is 16.7. The van der Waals surface area contributed by atoms with Gasteiger partial charge in [0.25, 0.3) is 5.91 Å². The molecule has 2 heterocycles. The average Bonchev–Trinajstić information content (AvgIpc) is 3.42. The molecule has 3 aromatic rings. The van der Waals surface area contributed by atoms with Crippen molar-refractivity contribution < 1.29 is 27.5 Å². The number of carbonyl (C=O) groups excluding carboxylic acids is 2. The normalized spacial score (nSPS) is 20.8. The number of nitrogens with one attached hydrogen (secondary N) is 1. The van der Waals surface area contributed by atoms with Gasteiger partial charge in [0.2, 0.25) is 0 Å². The Hall–Kier alpha value is -3.83. The third-order valence-corrected chi connectivity index (χ3v) is 10.1. The molecule has 0 spiro atoms. The predicted octanol–water partition coefficient (Wildman–Crippen LogP) is 5.00. The molecule has 0 radical (unpaired) electrons. The molecule has 3 aromatic carbocycles. The van der Waals surface area contributed by atoms with Gasteiger partial charge >= 0.3 is 6.09 Å². The summed E-state index contributed by atoms with van der Waals surface area (Å²) >= 11 is 1.28. The standard InChI is InChI=1S/C32H35N3O6S2/c1-32(2,3)41-31(37)33-26(18-22-10-6-4-7-11-22)29(36)34-30-35(27-20-43(38,39)21-28(27)42-30)24-14-16-25(17-15-24)40-19-23-12-8-5-9-13-23/h4-17,26-28H,18-21H2,1-3H3,(H,33,37)/t26-,27-,28+/m1/s1. The Morgan fingerprint density at radius 3 is 2.21 bits per heavy atom. The minimum atomic E-state index is -3.24. The largest absolute Gasteiger partial charge is 0.489 e. The van der Waals surface area contributed by atoms with Crippen LogP contribution in [0.25, 0.3) is 0 Å². The lowest BCUT2D eigenvalue weighted by Gasteiger charge is -2.25. The number of amides is 2. The molecule has 2 saturated heterocycles. The summed E-state index contributed by atoms with van der Waals surface area (Å²) < 4.78 is 36.4. The molecule has 0 unspecified atom stereocenters. The van der Waals surface area contributed by atoms with Crippen LogP contribution in [-0.4, -0.2) is 60.0 Å². The van der Waals surface area contributed by atoms with Crippen LogP contribution in [0.3, 0.4) is 0 Å². The quantitative estimate of drug-likeness (QED) is 0.374. The Labute approximate surface area is 256 Å². The lowest BCUT2D eigenvalue weighted by molar-refractivity contribution is -0.119. The average molecular weight is 622 g/mol. The lowest BCUT2D eigenvalue weighted by atomic mass is 10.1. The van der Waals surface area contributed by atoms with Crippen LogP contribution >= 0.6 is 11.8 Å².